The van der Waals surface area contributed by atoms with Gasteiger partial charge in [0.1, 0.15) is 5.52 Å². The van der Waals surface area contributed by atoms with Crippen LogP contribution in [-0.4, -0.2) is 20.9 Å². The Hall–Kier alpha value is -2.49. The Morgan fingerprint density at radius 3 is 2.60 bits per heavy atom. The van der Waals surface area contributed by atoms with Crippen molar-refractivity contribution in [3.8, 4) is 0 Å². The van der Waals surface area contributed by atoms with E-state index in [1.165, 1.54) is 4.68 Å². The molecule has 1 heterocycles. The van der Waals surface area contributed by atoms with Crippen molar-refractivity contribution in [1.82, 2.24) is 15.0 Å². The lowest BCUT2D eigenvalue weighted by molar-refractivity contribution is 0.0882. The highest BCUT2D eigenvalue weighted by Crippen LogP contribution is 2.20. The van der Waals surface area contributed by atoms with Gasteiger partial charge < -0.3 is 0 Å². The minimum Gasteiger partial charge on any atom is -0.272 e. The van der Waals surface area contributed by atoms with Gasteiger partial charge >= 0.3 is 0 Å². The van der Waals surface area contributed by atoms with E-state index in [1.807, 2.05) is 61.5 Å². The molecule has 100 valence electrons. The zero-order valence-corrected chi connectivity index (χ0v) is 11.2. The van der Waals surface area contributed by atoms with Gasteiger partial charge in [-0.15, -0.1) is 5.10 Å². The summed E-state index contributed by atoms with van der Waals surface area (Å²) in [7, 11) is 0. The third kappa shape index (κ3) is 2.32. The van der Waals surface area contributed by atoms with Crippen LogP contribution in [0.4, 0.5) is 0 Å². The molecule has 0 fully saturated rings. The summed E-state index contributed by atoms with van der Waals surface area (Å²) in [4.78, 5) is 12.4. The SMILES string of the molecule is C[C@@H](CC(=O)n1nnc2ccccc21)c1ccccc1. The third-order valence-electron chi connectivity index (χ3n) is 3.44. The van der Waals surface area contributed by atoms with Crippen LogP contribution in [0.3, 0.4) is 0 Å². The molecule has 0 unspecified atom stereocenters. The molecule has 0 aliphatic heterocycles. The molecule has 1 atom stereocenters. The number of hydrogen-bond donors (Lipinski definition) is 0. The quantitative estimate of drug-likeness (QED) is 0.730. The molecule has 2 aromatic carbocycles. The second-order valence-electron chi connectivity index (χ2n) is 4.90. The molecule has 0 aliphatic rings. The predicted molar refractivity (Wildman–Crippen MR) is 77.6 cm³/mol. The normalized spacial score (nSPS) is 12.4. The number of hydrogen-bond acceptors (Lipinski definition) is 3. The molecular weight excluding hydrogens is 250 g/mol. The van der Waals surface area contributed by atoms with Gasteiger partial charge in [0.25, 0.3) is 0 Å². The number of benzene rings is 2. The molecule has 0 bridgehead atoms. The average Bonchev–Trinajstić information content (AvgIpc) is 2.92. The fourth-order valence-electron chi connectivity index (χ4n) is 2.30. The summed E-state index contributed by atoms with van der Waals surface area (Å²) >= 11 is 0. The van der Waals surface area contributed by atoms with Crippen LogP contribution in [0.15, 0.2) is 54.6 Å². The Kier molecular flexibility index (Phi) is 3.29. The zero-order chi connectivity index (χ0) is 13.9. The Morgan fingerprint density at radius 2 is 1.80 bits per heavy atom. The maximum Gasteiger partial charge on any atom is 0.249 e. The first-order valence-corrected chi connectivity index (χ1v) is 6.64. The Morgan fingerprint density at radius 1 is 1.10 bits per heavy atom. The maximum absolute atomic E-state index is 12.4. The van der Waals surface area contributed by atoms with E-state index in [4.69, 9.17) is 0 Å². The molecule has 0 aliphatic carbocycles. The van der Waals surface area contributed by atoms with E-state index < -0.39 is 0 Å². The number of rotatable bonds is 3. The maximum atomic E-state index is 12.4. The van der Waals surface area contributed by atoms with Gasteiger partial charge in [-0.05, 0) is 23.6 Å². The molecule has 0 spiro atoms. The molecule has 0 amide bonds. The monoisotopic (exact) mass is 265 g/mol. The molecule has 0 N–H and O–H groups in total. The molecular formula is C16H15N3O. The Balaban J connectivity index is 1.83. The van der Waals surface area contributed by atoms with E-state index in [-0.39, 0.29) is 11.8 Å². The lowest BCUT2D eigenvalue weighted by atomic mass is 9.98. The molecule has 4 nitrogen and oxygen atoms in total. The first-order valence-electron chi connectivity index (χ1n) is 6.64. The van der Waals surface area contributed by atoms with Crippen molar-refractivity contribution >= 4 is 16.9 Å². The van der Waals surface area contributed by atoms with Crippen LogP contribution >= 0.6 is 0 Å². The van der Waals surface area contributed by atoms with Gasteiger partial charge in [-0.2, -0.15) is 4.68 Å². The number of aromatic nitrogens is 3. The third-order valence-corrected chi connectivity index (χ3v) is 3.44. The van der Waals surface area contributed by atoms with Crippen LogP contribution in [0.5, 0.6) is 0 Å². The topological polar surface area (TPSA) is 47.8 Å². The summed E-state index contributed by atoms with van der Waals surface area (Å²) in [6.45, 7) is 2.05. The molecule has 3 aromatic rings. The van der Waals surface area contributed by atoms with E-state index in [1.54, 1.807) is 0 Å². The lowest BCUT2D eigenvalue weighted by Crippen LogP contribution is -2.15. The smallest absolute Gasteiger partial charge is 0.249 e. The first kappa shape index (κ1) is 12.5. The van der Waals surface area contributed by atoms with Crippen molar-refractivity contribution in [1.29, 1.82) is 0 Å². The van der Waals surface area contributed by atoms with Crippen molar-refractivity contribution < 1.29 is 4.79 Å². The molecule has 3 rings (SSSR count). The fourth-order valence-corrected chi connectivity index (χ4v) is 2.30. The minimum absolute atomic E-state index is 0.0324. The van der Waals surface area contributed by atoms with E-state index in [0.29, 0.717) is 6.42 Å². The number of nitrogens with zero attached hydrogens (tertiary/aromatic N) is 3. The molecule has 20 heavy (non-hydrogen) atoms. The minimum atomic E-state index is -0.0324. The molecule has 1 aromatic heterocycles. The summed E-state index contributed by atoms with van der Waals surface area (Å²) in [5.74, 6) is 0.127. The fraction of sp³-hybridized carbons (Fsp3) is 0.188. The number of fused-ring (bicyclic) bond motifs is 1. The van der Waals surface area contributed by atoms with Crippen LogP contribution in [-0.2, 0) is 0 Å². The van der Waals surface area contributed by atoms with Crippen molar-refractivity contribution in [3.05, 3.63) is 60.2 Å². The van der Waals surface area contributed by atoms with E-state index in [9.17, 15) is 4.79 Å². The van der Waals surface area contributed by atoms with Crippen LogP contribution < -0.4 is 0 Å². The summed E-state index contributed by atoms with van der Waals surface area (Å²) in [5, 5.41) is 7.97. The van der Waals surface area contributed by atoms with Crippen LogP contribution in [0.2, 0.25) is 0 Å². The highest BCUT2D eigenvalue weighted by atomic mass is 16.2. The van der Waals surface area contributed by atoms with E-state index in [2.05, 4.69) is 10.3 Å². The zero-order valence-electron chi connectivity index (χ0n) is 11.2. The van der Waals surface area contributed by atoms with Crippen molar-refractivity contribution in [3.63, 3.8) is 0 Å². The van der Waals surface area contributed by atoms with Gasteiger partial charge in [-0.25, -0.2) is 0 Å². The second-order valence-corrected chi connectivity index (χ2v) is 4.90. The summed E-state index contributed by atoms with van der Waals surface area (Å²) in [6.07, 6.45) is 0.414. The van der Waals surface area contributed by atoms with Gasteiger partial charge in [-0.3, -0.25) is 4.79 Å². The van der Waals surface area contributed by atoms with Gasteiger partial charge in [0, 0.05) is 6.42 Å². The average molecular weight is 265 g/mol. The second kappa shape index (κ2) is 5.25. The van der Waals surface area contributed by atoms with Gasteiger partial charge in [0.2, 0.25) is 5.91 Å². The van der Waals surface area contributed by atoms with Gasteiger partial charge in [-0.1, -0.05) is 54.6 Å². The van der Waals surface area contributed by atoms with Crippen molar-refractivity contribution in [2.24, 2.45) is 0 Å². The van der Waals surface area contributed by atoms with Gasteiger partial charge in [0.05, 0.1) is 5.52 Å². The van der Waals surface area contributed by atoms with Gasteiger partial charge in [0.15, 0.2) is 0 Å². The van der Waals surface area contributed by atoms with Crippen molar-refractivity contribution in [2.45, 2.75) is 19.3 Å². The lowest BCUT2D eigenvalue weighted by Gasteiger charge is -2.10. The number of carbonyl (C=O) groups excluding carboxylic acids is 1. The standard InChI is InChI=1S/C16H15N3O/c1-12(13-7-3-2-4-8-13)11-16(20)19-15-10-6-5-9-14(15)17-18-19/h2-10,12H,11H2,1H3/t12-/m0/s1. The largest absolute Gasteiger partial charge is 0.272 e. The van der Waals surface area contributed by atoms with Crippen LogP contribution in [0.25, 0.3) is 11.0 Å². The van der Waals surface area contributed by atoms with E-state index in [0.717, 1.165) is 16.6 Å². The van der Waals surface area contributed by atoms with Crippen molar-refractivity contribution in [2.75, 3.05) is 0 Å². The Bertz CT molecular complexity index is 734. The summed E-state index contributed by atoms with van der Waals surface area (Å²) in [6, 6.07) is 17.5. The molecule has 0 saturated heterocycles. The summed E-state index contributed by atoms with van der Waals surface area (Å²) < 4.78 is 1.40. The number of carbonyl (C=O) groups is 1. The van der Waals surface area contributed by atoms with Crippen LogP contribution in [0, 0.1) is 0 Å². The van der Waals surface area contributed by atoms with Crippen LogP contribution in [0.1, 0.15) is 29.6 Å². The first-order chi connectivity index (χ1) is 9.75. The Labute approximate surface area is 117 Å². The molecule has 4 heteroatoms. The summed E-state index contributed by atoms with van der Waals surface area (Å²) in [5.41, 5.74) is 2.66. The molecule has 0 saturated carbocycles. The highest BCUT2D eigenvalue weighted by Gasteiger charge is 2.16. The van der Waals surface area contributed by atoms with E-state index >= 15 is 0 Å². The molecule has 0 radical (unpaired) electrons. The predicted octanol–water partition coefficient (Wildman–Crippen LogP) is 3.27. The number of para-hydroxylation sites is 1. The highest BCUT2D eigenvalue weighted by molar-refractivity contribution is 5.89.